The molecule has 3 aromatic rings. The van der Waals surface area contributed by atoms with Crippen molar-refractivity contribution >= 4 is 10.9 Å². The molecule has 0 unspecified atom stereocenters. The lowest BCUT2D eigenvalue weighted by Gasteiger charge is -1.98. The maximum absolute atomic E-state index is 11.7. The van der Waals surface area contributed by atoms with Crippen molar-refractivity contribution in [1.82, 2.24) is 9.78 Å². The van der Waals surface area contributed by atoms with Gasteiger partial charge in [0.25, 0.3) is 0 Å². The number of aromatic nitrogens is 2. The third-order valence-corrected chi connectivity index (χ3v) is 2.60. The van der Waals surface area contributed by atoms with Crippen molar-refractivity contribution in [3.8, 4) is 11.3 Å². The van der Waals surface area contributed by atoms with Crippen molar-refractivity contribution in [2.45, 2.75) is 0 Å². The molecular formula is C13H10N2O2. The van der Waals surface area contributed by atoms with E-state index in [1.54, 1.807) is 17.9 Å². The second-order valence-corrected chi connectivity index (χ2v) is 3.87. The van der Waals surface area contributed by atoms with Crippen LogP contribution in [-0.4, -0.2) is 9.78 Å². The fourth-order valence-corrected chi connectivity index (χ4v) is 1.83. The Morgan fingerprint density at radius 1 is 1.24 bits per heavy atom. The summed E-state index contributed by atoms with van der Waals surface area (Å²) in [4.78, 5) is 11.7. The molecule has 0 fully saturated rings. The molecular weight excluding hydrogens is 216 g/mol. The number of hydrogen-bond donors (Lipinski definition) is 0. The van der Waals surface area contributed by atoms with Crippen LogP contribution in [0, 0.1) is 0 Å². The lowest BCUT2D eigenvalue weighted by molar-refractivity contribution is 0.532. The first-order valence-corrected chi connectivity index (χ1v) is 5.27. The molecule has 0 aliphatic heterocycles. The standard InChI is InChI=1S/C13H10N2O2/c1-15-8-10-7-11(9-5-3-2-4-6-9)17-13(16)12(10)14-15/h2-8H,1H3. The van der Waals surface area contributed by atoms with Gasteiger partial charge in [-0.05, 0) is 6.07 Å². The van der Waals surface area contributed by atoms with Gasteiger partial charge in [0.1, 0.15) is 5.76 Å². The third-order valence-electron chi connectivity index (χ3n) is 2.60. The van der Waals surface area contributed by atoms with Crippen LogP contribution in [0.4, 0.5) is 0 Å². The monoisotopic (exact) mass is 226 g/mol. The van der Waals surface area contributed by atoms with Crippen molar-refractivity contribution < 1.29 is 4.42 Å². The number of aryl methyl sites for hydroxylation is 1. The van der Waals surface area contributed by atoms with Crippen LogP contribution in [0.5, 0.6) is 0 Å². The van der Waals surface area contributed by atoms with E-state index in [0.717, 1.165) is 10.9 Å². The first-order chi connectivity index (χ1) is 8.24. The smallest absolute Gasteiger partial charge is 0.364 e. The average molecular weight is 226 g/mol. The van der Waals surface area contributed by atoms with Crippen molar-refractivity contribution in [3.63, 3.8) is 0 Å². The molecule has 0 N–H and O–H groups in total. The molecule has 17 heavy (non-hydrogen) atoms. The summed E-state index contributed by atoms with van der Waals surface area (Å²) in [5.74, 6) is 0.566. The second-order valence-electron chi connectivity index (χ2n) is 3.87. The van der Waals surface area contributed by atoms with E-state index < -0.39 is 5.63 Å². The molecule has 4 heteroatoms. The van der Waals surface area contributed by atoms with E-state index in [1.165, 1.54) is 0 Å². The molecule has 0 saturated carbocycles. The van der Waals surface area contributed by atoms with Crippen molar-refractivity contribution in [1.29, 1.82) is 0 Å². The molecule has 3 rings (SSSR count). The van der Waals surface area contributed by atoms with Gasteiger partial charge in [-0.3, -0.25) is 4.68 Å². The molecule has 0 radical (unpaired) electrons. The Bertz CT molecular complexity index is 726. The predicted octanol–water partition coefficient (Wildman–Crippen LogP) is 2.19. The predicted molar refractivity (Wildman–Crippen MR) is 64.7 cm³/mol. The van der Waals surface area contributed by atoms with Crippen LogP contribution >= 0.6 is 0 Å². The van der Waals surface area contributed by atoms with Gasteiger partial charge in [0.2, 0.25) is 0 Å². The quantitative estimate of drug-likeness (QED) is 0.639. The normalized spacial score (nSPS) is 10.9. The van der Waals surface area contributed by atoms with Crippen LogP contribution in [0.25, 0.3) is 22.2 Å². The summed E-state index contributed by atoms with van der Waals surface area (Å²) in [6.07, 6.45) is 1.80. The highest BCUT2D eigenvalue weighted by atomic mass is 16.4. The van der Waals surface area contributed by atoms with Crippen molar-refractivity contribution in [2.75, 3.05) is 0 Å². The molecule has 0 saturated heterocycles. The van der Waals surface area contributed by atoms with E-state index >= 15 is 0 Å². The summed E-state index contributed by atoms with van der Waals surface area (Å²) < 4.78 is 6.87. The van der Waals surface area contributed by atoms with E-state index in [0.29, 0.717) is 11.3 Å². The summed E-state index contributed by atoms with van der Waals surface area (Å²) >= 11 is 0. The van der Waals surface area contributed by atoms with E-state index in [4.69, 9.17) is 4.42 Å². The first-order valence-electron chi connectivity index (χ1n) is 5.27. The molecule has 0 aliphatic rings. The lowest BCUT2D eigenvalue weighted by atomic mass is 10.1. The molecule has 2 aromatic heterocycles. The van der Waals surface area contributed by atoms with Gasteiger partial charge < -0.3 is 4.42 Å². The van der Waals surface area contributed by atoms with Gasteiger partial charge in [-0.15, -0.1) is 0 Å². The molecule has 0 aliphatic carbocycles. The largest absolute Gasteiger partial charge is 0.421 e. The molecule has 0 amide bonds. The van der Waals surface area contributed by atoms with Gasteiger partial charge in [-0.2, -0.15) is 5.10 Å². The summed E-state index contributed by atoms with van der Waals surface area (Å²) in [6, 6.07) is 11.4. The topological polar surface area (TPSA) is 48.0 Å². The van der Waals surface area contributed by atoms with Gasteiger partial charge in [-0.25, -0.2) is 4.79 Å². The minimum absolute atomic E-state index is 0.368. The molecule has 1 aromatic carbocycles. The van der Waals surface area contributed by atoms with Gasteiger partial charge >= 0.3 is 5.63 Å². The van der Waals surface area contributed by atoms with Crippen molar-refractivity contribution in [3.05, 3.63) is 53.0 Å². The van der Waals surface area contributed by atoms with Crippen molar-refractivity contribution in [2.24, 2.45) is 7.05 Å². The molecule has 84 valence electrons. The minimum Gasteiger partial charge on any atom is -0.421 e. The highest BCUT2D eigenvalue weighted by molar-refractivity contribution is 5.80. The van der Waals surface area contributed by atoms with Crippen LogP contribution in [-0.2, 0) is 7.05 Å². The minimum atomic E-state index is -0.401. The van der Waals surface area contributed by atoms with E-state index in [2.05, 4.69) is 5.10 Å². The number of benzene rings is 1. The first kappa shape index (κ1) is 9.84. The Labute approximate surface area is 97.1 Å². The molecule has 0 atom stereocenters. The zero-order chi connectivity index (χ0) is 11.8. The summed E-state index contributed by atoms with van der Waals surface area (Å²) in [7, 11) is 1.78. The fraction of sp³-hybridized carbons (Fsp3) is 0.0769. The van der Waals surface area contributed by atoms with Gasteiger partial charge in [-0.1, -0.05) is 30.3 Å². The summed E-state index contributed by atoms with van der Waals surface area (Å²) in [5.41, 5.74) is 0.851. The third kappa shape index (κ3) is 1.63. The Balaban J connectivity index is 2.29. The average Bonchev–Trinajstić information content (AvgIpc) is 2.71. The molecule has 0 spiro atoms. The fourth-order valence-electron chi connectivity index (χ4n) is 1.83. The Hall–Kier alpha value is -2.36. The SMILES string of the molecule is Cn1cc2cc(-c3ccccc3)oc(=O)c2n1. The molecule has 0 bridgehead atoms. The zero-order valence-corrected chi connectivity index (χ0v) is 9.25. The van der Waals surface area contributed by atoms with Crippen LogP contribution in [0.3, 0.4) is 0 Å². The number of nitrogens with zero attached hydrogens (tertiary/aromatic N) is 2. The molecule has 2 heterocycles. The number of fused-ring (bicyclic) bond motifs is 1. The Morgan fingerprint density at radius 2 is 2.00 bits per heavy atom. The number of rotatable bonds is 1. The van der Waals surface area contributed by atoms with Crippen LogP contribution < -0.4 is 5.63 Å². The zero-order valence-electron chi connectivity index (χ0n) is 9.25. The van der Waals surface area contributed by atoms with Gasteiger partial charge in [0.15, 0.2) is 5.52 Å². The lowest BCUT2D eigenvalue weighted by Crippen LogP contribution is -2.00. The second kappa shape index (κ2) is 3.59. The van der Waals surface area contributed by atoms with E-state index in [-0.39, 0.29) is 0 Å². The Morgan fingerprint density at radius 3 is 2.76 bits per heavy atom. The highest BCUT2D eigenvalue weighted by Gasteiger charge is 2.08. The van der Waals surface area contributed by atoms with Crippen LogP contribution in [0.15, 0.2) is 51.8 Å². The maximum atomic E-state index is 11.7. The number of hydrogen-bond acceptors (Lipinski definition) is 3. The highest BCUT2D eigenvalue weighted by Crippen LogP contribution is 2.20. The summed E-state index contributed by atoms with van der Waals surface area (Å²) in [5, 5.41) is 4.85. The summed E-state index contributed by atoms with van der Waals surface area (Å²) in [6.45, 7) is 0. The van der Waals surface area contributed by atoms with E-state index in [1.807, 2.05) is 36.4 Å². The van der Waals surface area contributed by atoms with Gasteiger partial charge in [0.05, 0.1) is 0 Å². The van der Waals surface area contributed by atoms with Gasteiger partial charge in [0, 0.05) is 24.2 Å². The maximum Gasteiger partial charge on any atom is 0.364 e. The van der Waals surface area contributed by atoms with Crippen LogP contribution in [0.1, 0.15) is 0 Å². The Kier molecular flexibility index (Phi) is 2.08. The van der Waals surface area contributed by atoms with E-state index in [9.17, 15) is 4.79 Å². The van der Waals surface area contributed by atoms with Crippen LogP contribution in [0.2, 0.25) is 0 Å². The molecule has 4 nitrogen and oxygen atoms in total.